The van der Waals surface area contributed by atoms with Gasteiger partial charge in [-0.2, -0.15) is 0 Å². The molecule has 1 saturated carbocycles. The summed E-state index contributed by atoms with van der Waals surface area (Å²) in [7, 11) is 0. The lowest BCUT2D eigenvalue weighted by molar-refractivity contribution is -0.117. The number of carbonyl (C=O) groups excluding carboxylic acids is 1. The van der Waals surface area contributed by atoms with Crippen LogP contribution in [0.1, 0.15) is 43.4 Å². The van der Waals surface area contributed by atoms with Gasteiger partial charge in [0.25, 0.3) is 0 Å². The highest BCUT2D eigenvalue weighted by molar-refractivity contribution is 7.17. The van der Waals surface area contributed by atoms with E-state index in [-0.39, 0.29) is 5.91 Å². The van der Waals surface area contributed by atoms with Gasteiger partial charge in [-0.25, -0.2) is 0 Å². The number of rotatable bonds is 4. The first-order valence-electron chi connectivity index (χ1n) is 7.01. The van der Waals surface area contributed by atoms with Crippen molar-refractivity contribution in [1.29, 1.82) is 0 Å². The minimum Gasteiger partial charge on any atom is -0.388 e. The van der Waals surface area contributed by atoms with Gasteiger partial charge in [0, 0.05) is 17.5 Å². The van der Waals surface area contributed by atoms with E-state index in [2.05, 4.69) is 5.32 Å². The molecule has 0 bridgehead atoms. The molecule has 0 unspecified atom stereocenters. The van der Waals surface area contributed by atoms with E-state index in [1.54, 1.807) is 12.1 Å². The third kappa shape index (κ3) is 4.93. The maximum absolute atomic E-state index is 11.8. The molecule has 3 nitrogen and oxygen atoms in total. The van der Waals surface area contributed by atoms with E-state index in [1.807, 2.05) is 6.07 Å². The average molecular weight is 314 g/mol. The third-order valence-corrected chi connectivity index (χ3v) is 4.82. The second-order valence-corrected chi connectivity index (χ2v) is 7.08. The van der Waals surface area contributed by atoms with Crippen LogP contribution in [-0.2, 0) is 4.79 Å². The minimum atomic E-state index is -0.730. The summed E-state index contributed by atoms with van der Waals surface area (Å²) in [4.78, 5) is 12.7. The summed E-state index contributed by atoms with van der Waals surface area (Å²) >= 11 is 7.25. The normalized spacial score (nSPS) is 18.9. The fourth-order valence-corrected chi connectivity index (χ4v) is 3.41. The number of halogens is 1. The molecule has 0 atom stereocenters. The number of amides is 1. The average Bonchev–Trinajstić information content (AvgIpc) is 2.71. The highest BCUT2D eigenvalue weighted by Gasteiger charge is 2.27. The van der Waals surface area contributed by atoms with Gasteiger partial charge in [0.2, 0.25) is 5.91 Å². The fourth-order valence-electron chi connectivity index (χ4n) is 2.45. The molecule has 0 radical (unpaired) electrons. The molecule has 0 aromatic carbocycles. The molecule has 2 rings (SSSR count). The number of nitrogens with one attached hydrogen (secondary N) is 1. The lowest BCUT2D eigenvalue weighted by Gasteiger charge is -2.26. The molecular weight excluding hydrogens is 294 g/mol. The number of carbonyl (C=O) groups is 1. The Morgan fingerprint density at radius 3 is 2.65 bits per heavy atom. The van der Waals surface area contributed by atoms with E-state index in [4.69, 9.17) is 11.6 Å². The van der Waals surface area contributed by atoms with Gasteiger partial charge in [0.05, 0.1) is 9.94 Å². The zero-order valence-electron chi connectivity index (χ0n) is 11.4. The van der Waals surface area contributed by atoms with Crippen LogP contribution in [0.5, 0.6) is 0 Å². The maximum Gasteiger partial charge on any atom is 0.244 e. The monoisotopic (exact) mass is 313 g/mol. The first kappa shape index (κ1) is 15.5. The molecule has 1 aliphatic rings. The zero-order valence-corrected chi connectivity index (χ0v) is 13.0. The van der Waals surface area contributed by atoms with Crippen LogP contribution in [0.3, 0.4) is 0 Å². The molecule has 0 saturated heterocycles. The number of aliphatic hydroxyl groups is 1. The van der Waals surface area contributed by atoms with Crippen molar-refractivity contribution in [3.63, 3.8) is 0 Å². The maximum atomic E-state index is 11.8. The van der Waals surface area contributed by atoms with E-state index in [0.29, 0.717) is 10.9 Å². The molecule has 1 aromatic rings. The zero-order chi connectivity index (χ0) is 14.4. The van der Waals surface area contributed by atoms with Crippen LogP contribution < -0.4 is 5.32 Å². The van der Waals surface area contributed by atoms with Gasteiger partial charge >= 0.3 is 0 Å². The number of hydrogen-bond donors (Lipinski definition) is 2. The summed E-state index contributed by atoms with van der Waals surface area (Å²) in [6.07, 6.45) is 9.21. The number of hydrogen-bond acceptors (Lipinski definition) is 3. The van der Waals surface area contributed by atoms with Gasteiger partial charge in [0.15, 0.2) is 0 Å². The molecule has 0 spiro atoms. The van der Waals surface area contributed by atoms with Crippen LogP contribution >= 0.6 is 22.9 Å². The topological polar surface area (TPSA) is 49.3 Å². The Morgan fingerprint density at radius 2 is 2.05 bits per heavy atom. The summed E-state index contributed by atoms with van der Waals surface area (Å²) < 4.78 is 0.706. The smallest absolute Gasteiger partial charge is 0.244 e. The predicted molar refractivity (Wildman–Crippen MR) is 84.0 cm³/mol. The Balaban J connectivity index is 1.80. The molecule has 1 amide bonds. The highest BCUT2D eigenvalue weighted by Crippen LogP contribution is 2.26. The highest BCUT2D eigenvalue weighted by atomic mass is 35.5. The van der Waals surface area contributed by atoms with Gasteiger partial charge in [-0.1, -0.05) is 37.3 Å². The Morgan fingerprint density at radius 1 is 1.35 bits per heavy atom. The summed E-state index contributed by atoms with van der Waals surface area (Å²) in [6, 6.07) is 3.67. The largest absolute Gasteiger partial charge is 0.388 e. The summed E-state index contributed by atoms with van der Waals surface area (Å²) in [5.74, 6) is -0.174. The first-order valence-corrected chi connectivity index (χ1v) is 8.21. The minimum absolute atomic E-state index is 0.174. The van der Waals surface area contributed by atoms with Gasteiger partial charge in [-0.3, -0.25) is 4.79 Å². The third-order valence-electron chi connectivity index (χ3n) is 3.62. The molecule has 0 aliphatic heterocycles. The van der Waals surface area contributed by atoms with E-state index in [1.165, 1.54) is 30.3 Å². The van der Waals surface area contributed by atoms with Crippen LogP contribution in [0, 0.1) is 0 Å². The lowest BCUT2D eigenvalue weighted by atomic mass is 9.94. The van der Waals surface area contributed by atoms with Gasteiger partial charge in [-0.15, -0.1) is 11.3 Å². The van der Waals surface area contributed by atoms with Crippen LogP contribution in [0.25, 0.3) is 6.08 Å². The second kappa shape index (κ2) is 7.25. The van der Waals surface area contributed by atoms with E-state index < -0.39 is 5.60 Å². The van der Waals surface area contributed by atoms with Crippen molar-refractivity contribution in [3.8, 4) is 0 Å². The predicted octanol–water partition coefficient (Wildman–Crippen LogP) is 3.62. The van der Waals surface area contributed by atoms with E-state index in [9.17, 15) is 9.90 Å². The fraction of sp³-hybridized carbons (Fsp3) is 0.533. The van der Waals surface area contributed by atoms with Gasteiger partial charge in [-0.05, 0) is 31.1 Å². The molecule has 20 heavy (non-hydrogen) atoms. The molecule has 1 heterocycles. The molecule has 5 heteroatoms. The van der Waals surface area contributed by atoms with Gasteiger partial charge < -0.3 is 10.4 Å². The molecular formula is C15H20ClNO2S. The quantitative estimate of drug-likeness (QED) is 0.659. The molecule has 1 fully saturated rings. The van der Waals surface area contributed by atoms with Crippen LogP contribution in [0.2, 0.25) is 4.34 Å². The molecule has 1 aromatic heterocycles. The van der Waals surface area contributed by atoms with Crippen molar-refractivity contribution >= 4 is 34.9 Å². The summed E-state index contributed by atoms with van der Waals surface area (Å²) in [5, 5.41) is 13.2. The van der Waals surface area contributed by atoms with Crippen LogP contribution in [-0.4, -0.2) is 23.2 Å². The Kier molecular flexibility index (Phi) is 5.64. The van der Waals surface area contributed by atoms with Crippen LogP contribution in [0.4, 0.5) is 0 Å². The molecule has 1 aliphatic carbocycles. The van der Waals surface area contributed by atoms with Crippen LogP contribution in [0.15, 0.2) is 18.2 Å². The van der Waals surface area contributed by atoms with Crippen molar-refractivity contribution in [3.05, 3.63) is 27.4 Å². The van der Waals surface area contributed by atoms with Crippen molar-refractivity contribution < 1.29 is 9.90 Å². The van der Waals surface area contributed by atoms with Crippen molar-refractivity contribution in [2.75, 3.05) is 6.54 Å². The van der Waals surface area contributed by atoms with Crippen molar-refractivity contribution in [2.45, 2.75) is 44.1 Å². The molecule has 110 valence electrons. The Bertz CT molecular complexity index is 476. The summed E-state index contributed by atoms with van der Waals surface area (Å²) in [5.41, 5.74) is -0.730. The van der Waals surface area contributed by atoms with E-state index in [0.717, 1.165) is 30.6 Å². The summed E-state index contributed by atoms with van der Waals surface area (Å²) in [6.45, 7) is 0.335. The Hall–Kier alpha value is -0.840. The SMILES string of the molecule is O=C(C=Cc1ccc(Cl)s1)NCC1(O)CCCCCC1. The Labute approximate surface area is 128 Å². The molecule has 2 N–H and O–H groups in total. The van der Waals surface area contributed by atoms with Crippen molar-refractivity contribution in [2.24, 2.45) is 0 Å². The lowest BCUT2D eigenvalue weighted by Crippen LogP contribution is -2.42. The standard InChI is InChI=1S/C15H20ClNO2S/c16-13-7-5-12(20-13)6-8-14(18)17-11-15(19)9-3-1-2-4-10-15/h5-8,19H,1-4,9-11H2,(H,17,18). The van der Waals surface area contributed by atoms with Gasteiger partial charge in [0.1, 0.15) is 0 Å². The van der Waals surface area contributed by atoms with E-state index >= 15 is 0 Å². The first-order chi connectivity index (χ1) is 9.57. The van der Waals surface area contributed by atoms with Crippen molar-refractivity contribution in [1.82, 2.24) is 5.32 Å². The number of thiophene rings is 1. The second-order valence-electron chi connectivity index (χ2n) is 5.33.